The van der Waals surface area contributed by atoms with Crippen molar-refractivity contribution in [3.05, 3.63) is 35.1 Å². The monoisotopic (exact) mass is 319 g/mol. The van der Waals surface area contributed by atoms with E-state index in [0.717, 1.165) is 16.9 Å². The third-order valence-corrected chi connectivity index (χ3v) is 5.59. The lowest BCUT2D eigenvalue weighted by Gasteiger charge is -2.08. The summed E-state index contributed by atoms with van der Waals surface area (Å²) in [6.45, 7) is 1.83. The number of anilines is 1. The van der Waals surface area contributed by atoms with Crippen LogP contribution in [0, 0.1) is 18.3 Å². The summed E-state index contributed by atoms with van der Waals surface area (Å²) in [6, 6.07) is 5.35. The molecule has 0 aliphatic rings. The van der Waals surface area contributed by atoms with Crippen molar-refractivity contribution < 1.29 is 8.42 Å². The molecule has 0 saturated heterocycles. The first-order valence-corrected chi connectivity index (χ1v) is 8.18. The fourth-order valence-electron chi connectivity index (χ4n) is 1.99. The number of sulfonamides is 1. The van der Waals surface area contributed by atoms with Gasteiger partial charge in [0.2, 0.25) is 0 Å². The molecule has 0 aliphatic heterocycles. The molecule has 2 heterocycles. The number of rotatable bonds is 3. The first kappa shape index (κ1) is 13.5. The fourth-order valence-corrected chi connectivity index (χ4v) is 3.86. The second-order valence-electron chi connectivity index (χ2n) is 4.29. The maximum atomic E-state index is 12.2. The van der Waals surface area contributed by atoms with Gasteiger partial charge < -0.3 is 0 Å². The first-order valence-electron chi connectivity index (χ1n) is 5.82. The van der Waals surface area contributed by atoms with Gasteiger partial charge in [0.15, 0.2) is 9.90 Å². The molecule has 0 unspecified atom stereocenters. The Bertz CT molecular complexity index is 952. The predicted molar refractivity (Wildman–Crippen MR) is 78.5 cm³/mol. The van der Waals surface area contributed by atoms with Gasteiger partial charge in [-0.2, -0.15) is 10.4 Å². The predicted octanol–water partition coefficient (Wildman–Crippen LogP) is 2.00. The zero-order chi connectivity index (χ0) is 15.0. The largest absolute Gasteiger partial charge is 0.277 e. The molecule has 0 radical (unpaired) electrons. The highest BCUT2D eigenvalue weighted by Gasteiger charge is 2.19. The Kier molecular flexibility index (Phi) is 3.12. The fraction of sp³-hybridized carbons (Fsp3) is 0.0833. The highest BCUT2D eigenvalue weighted by atomic mass is 32.2. The van der Waals surface area contributed by atoms with Crippen LogP contribution in [0.3, 0.4) is 0 Å². The van der Waals surface area contributed by atoms with Crippen LogP contribution in [-0.2, 0) is 10.0 Å². The third kappa shape index (κ3) is 2.24. The normalized spacial score (nSPS) is 11.4. The van der Waals surface area contributed by atoms with Crippen molar-refractivity contribution in [2.45, 2.75) is 11.1 Å². The van der Waals surface area contributed by atoms with E-state index >= 15 is 0 Å². The second-order valence-corrected chi connectivity index (χ2v) is 7.09. The van der Waals surface area contributed by atoms with Crippen molar-refractivity contribution in [3.63, 3.8) is 0 Å². The van der Waals surface area contributed by atoms with Gasteiger partial charge in [0.1, 0.15) is 6.07 Å². The standard InChI is InChI=1S/C12H9N5O2S2/c1-7-2-3-8(12-11(7)9(4-13)15-16-12)17-21(18,19)10-5-14-6-20-10/h2-3,5-6,17H,1H3,(H,15,16). The van der Waals surface area contributed by atoms with Gasteiger partial charge in [-0.05, 0) is 18.6 Å². The van der Waals surface area contributed by atoms with Crippen LogP contribution in [0.2, 0.25) is 0 Å². The van der Waals surface area contributed by atoms with E-state index in [1.807, 2.05) is 13.0 Å². The van der Waals surface area contributed by atoms with Crippen LogP contribution >= 0.6 is 11.3 Å². The van der Waals surface area contributed by atoms with E-state index < -0.39 is 10.0 Å². The summed E-state index contributed by atoms with van der Waals surface area (Å²) in [5.74, 6) is 0. The number of nitrogens with one attached hydrogen (secondary N) is 2. The summed E-state index contributed by atoms with van der Waals surface area (Å²) in [7, 11) is -3.70. The molecule has 2 aromatic heterocycles. The van der Waals surface area contributed by atoms with Crippen LogP contribution in [0.4, 0.5) is 5.69 Å². The topological polar surface area (TPSA) is 112 Å². The summed E-state index contributed by atoms with van der Waals surface area (Å²) >= 11 is 1.03. The molecular weight excluding hydrogens is 310 g/mol. The summed E-state index contributed by atoms with van der Waals surface area (Å²) in [6.07, 6.45) is 1.28. The molecular formula is C12H9N5O2S2. The molecule has 2 N–H and O–H groups in total. The molecule has 106 valence electrons. The molecule has 0 amide bonds. The Balaban J connectivity index is 2.13. The Morgan fingerprint density at radius 3 is 2.90 bits per heavy atom. The lowest BCUT2D eigenvalue weighted by Crippen LogP contribution is -2.11. The molecule has 3 aromatic rings. The van der Waals surface area contributed by atoms with Crippen LogP contribution in [0.1, 0.15) is 11.3 Å². The average molecular weight is 319 g/mol. The maximum Gasteiger partial charge on any atom is 0.273 e. The smallest absolute Gasteiger partial charge is 0.273 e. The number of aromatic amines is 1. The zero-order valence-electron chi connectivity index (χ0n) is 10.8. The van der Waals surface area contributed by atoms with Crippen LogP contribution in [0.15, 0.2) is 28.0 Å². The maximum absolute atomic E-state index is 12.2. The van der Waals surface area contributed by atoms with Crippen molar-refractivity contribution in [1.82, 2.24) is 15.2 Å². The quantitative estimate of drug-likeness (QED) is 0.767. The molecule has 0 bridgehead atoms. The van der Waals surface area contributed by atoms with Crippen LogP contribution in [0.5, 0.6) is 0 Å². The average Bonchev–Trinajstić information content (AvgIpc) is 3.10. The minimum atomic E-state index is -3.70. The van der Waals surface area contributed by atoms with E-state index in [1.54, 1.807) is 12.1 Å². The number of fused-ring (bicyclic) bond motifs is 1. The number of nitrogens with zero attached hydrogens (tertiary/aromatic N) is 3. The van der Waals surface area contributed by atoms with Gasteiger partial charge in [-0.25, -0.2) is 8.42 Å². The van der Waals surface area contributed by atoms with Crippen LogP contribution in [-0.4, -0.2) is 23.6 Å². The Labute approximate surface area is 124 Å². The second kappa shape index (κ2) is 4.83. The van der Waals surface area contributed by atoms with Gasteiger partial charge >= 0.3 is 0 Å². The molecule has 1 aromatic carbocycles. The summed E-state index contributed by atoms with van der Waals surface area (Å²) < 4.78 is 27.1. The number of aromatic nitrogens is 3. The molecule has 0 atom stereocenters. The van der Waals surface area contributed by atoms with Crippen molar-refractivity contribution in [2.75, 3.05) is 4.72 Å². The van der Waals surface area contributed by atoms with Crippen molar-refractivity contribution in [2.24, 2.45) is 0 Å². The molecule has 0 spiro atoms. The molecule has 21 heavy (non-hydrogen) atoms. The van der Waals surface area contributed by atoms with Crippen LogP contribution < -0.4 is 4.72 Å². The minimum Gasteiger partial charge on any atom is -0.277 e. The van der Waals surface area contributed by atoms with E-state index in [9.17, 15) is 8.42 Å². The lowest BCUT2D eigenvalue weighted by molar-refractivity contribution is 0.603. The van der Waals surface area contributed by atoms with E-state index in [4.69, 9.17) is 5.26 Å². The van der Waals surface area contributed by atoms with E-state index in [1.165, 1.54) is 11.7 Å². The number of aryl methyl sites for hydroxylation is 1. The van der Waals surface area contributed by atoms with E-state index in [0.29, 0.717) is 16.6 Å². The SMILES string of the molecule is Cc1ccc(NS(=O)(=O)c2cncs2)c2[nH]nc(C#N)c12. The number of hydrogen-bond donors (Lipinski definition) is 2. The summed E-state index contributed by atoms with van der Waals surface area (Å²) in [4.78, 5) is 3.76. The molecule has 0 saturated carbocycles. The van der Waals surface area contributed by atoms with Gasteiger partial charge in [0.25, 0.3) is 10.0 Å². The lowest BCUT2D eigenvalue weighted by atomic mass is 10.1. The Morgan fingerprint density at radius 1 is 1.43 bits per heavy atom. The first-order chi connectivity index (χ1) is 10.0. The van der Waals surface area contributed by atoms with Gasteiger partial charge in [0, 0.05) is 5.39 Å². The number of thiazole rings is 1. The third-order valence-electron chi connectivity index (χ3n) is 2.95. The number of benzene rings is 1. The highest BCUT2D eigenvalue weighted by Crippen LogP contribution is 2.29. The van der Waals surface area contributed by atoms with Gasteiger partial charge in [-0.1, -0.05) is 6.07 Å². The Hall–Kier alpha value is -2.44. The molecule has 7 nitrogen and oxygen atoms in total. The number of hydrogen-bond acceptors (Lipinski definition) is 6. The van der Waals surface area contributed by atoms with Gasteiger partial charge in [0.05, 0.1) is 22.9 Å². The number of nitriles is 1. The van der Waals surface area contributed by atoms with Crippen LogP contribution in [0.25, 0.3) is 10.9 Å². The van der Waals surface area contributed by atoms with Crippen molar-refractivity contribution in [1.29, 1.82) is 5.26 Å². The summed E-state index contributed by atoms with van der Waals surface area (Å²) in [5.41, 5.74) is 3.36. The Morgan fingerprint density at radius 2 is 2.24 bits per heavy atom. The minimum absolute atomic E-state index is 0.122. The molecule has 3 rings (SSSR count). The molecule has 0 fully saturated rings. The van der Waals surface area contributed by atoms with Crippen molar-refractivity contribution in [3.8, 4) is 6.07 Å². The van der Waals surface area contributed by atoms with Gasteiger partial charge in [-0.15, -0.1) is 11.3 Å². The van der Waals surface area contributed by atoms with E-state index in [2.05, 4.69) is 19.9 Å². The van der Waals surface area contributed by atoms with E-state index in [-0.39, 0.29) is 9.90 Å². The van der Waals surface area contributed by atoms with Crippen molar-refractivity contribution >= 4 is 38.0 Å². The number of H-pyrrole nitrogens is 1. The molecule has 0 aliphatic carbocycles. The van der Waals surface area contributed by atoms with Gasteiger partial charge in [-0.3, -0.25) is 14.8 Å². The summed E-state index contributed by atoms with van der Waals surface area (Å²) in [5, 5.41) is 16.3. The zero-order valence-corrected chi connectivity index (χ0v) is 12.4. The molecule has 9 heteroatoms. The highest BCUT2D eigenvalue weighted by molar-refractivity contribution is 7.94.